The van der Waals surface area contributed by atoms with Gasteiger partial charge in [0.05, 0.1) is 16.9 Å². The van der Waals surface area contributed by atoms with Gasteiger partial charge >= 0.3 is 0 Å². The van der Waals surface area contributed by atoms with Crippen LogP contribution in [0.2, 0.25) is 0 Å². The first kappa shape index (κ1) is 17.9. The number of nitrogens with zero attached hydrogens (tertiary/aromatic N) is 3. The van der Waals surface area contributed by atoms with Gasteiger partial charge in [0, 0.05) is 50.2 Å². The predicted molar refractivity (Wildman–Crippen MR) is 127 cm³/mol. The number of aryl methyl sites for hydroxylation is 1. The van der Waals surface area contributed by atoms with Crippen molar-refractivity contribution in [2.75, 3.05) is 5.73 Å². The minimum atomic E-state index is 0.642. The molecule has 4 N–H and O–H groups in total. The second kappa shape index (κ2) is 6.78. The Morgan fingerprint density at radius 2 is 1.87 bits per heavy atom. The monoisotopic (exact) mass is 422 g/mol. The smallest absolute Gasteiger partial charge is 0.138 e. The number of hydrogen-bond donors (Lipinski definition) is 3. The fraction of sp³-hybridized carbons (Fsp3) is 0.0417. The van der Waals surface area contributed by atoms with Crippen molar-refractivity contribution in [1.82, 2.24) is 25.1 Å². The topological polar surface area (TPSA) is 96.3 Å². The summed E-state index contributed by atoms with van der Waals surface area (Å²) >= 11 is 1.79. The highest BCUT2D eigenvalue weighted by Gasteiger charge is 2.15. The number of benzene rings is 1. The van der Waals surface area contributed by atoms with Crippen molar-refractivity contribution in [2.45, 2.75) is 6.92 Å². The Balaban J connectivity index is 1.51. The van der Waals surface area contributed by atoms with Crippen LogP contribution in [0, 0.1) is 6.92 Å². The molecule has 0 radical (unpaired) electrons. The van der Waals surface area contributed by atoms with Crippen LogP contribution in [0.1, 0.15) is 4.88 Å². The van der Waals surface area contributed by atoms with Crippen LogP contribution < -0.4 is 5.73 Å². The highest BCUT2D eigenvalue weighted by Crippen LogP contribution is 2.36. The lowest BCUT2D eigenvalue weighted by Gasteiger charge is -2.03. The molecule has 6 rings (SSSR count). The van der Waals surface area contributed by atoms with Gasteiger partial charge in [-0.25, -0.2) is 4.98 Å². The summed E-state index contributed by atoms with van der Waals surface area (Å²) < 4.78 is 0. The van der Waals surface area contributed by atoms with Gasteiger partial charge in [-0.1, -0.05) is 6.07 Å². The number of aromatic nitrogens is 5. The molecule has 7 heteroatoms. The first-order valence-electron chi connectivity index (χ1n) is 9.90. The molecule has 6 aromatic rings. The molecule has 0 unspecified atom stereocenters. The molecule has 6 nitrogen and oxygen atoms in total. The van der Waals surface area contributed by atoms with Crippen LogP contribution in [-0.4, -0.2) is 25.1 Å². The average Bonchev–Trinajstić information content (AvgIpc) is 3.50. The summed E-state index contributed by atoms with van der Waals surface area (Å²) in [6.07, 6.45) is 5.31. The van der Waals surface area contributed by atoms with E-state index in [1.165, 1.54) is 15.3 Å². The molecule has 1 aromatic carbocycles. The lowest BCUT2D eigenvalue weighted by Crippen LogP contribution is -1.87. The summed E-state index contributed by atoms with van der Waals surface area (Å²) in [6, 6.07) is 16.6. The van der Waals surface area contributed by atoms with E-state index in [-0.39, 0.29) is 0 Å². The van der Waals surface area contributed by atoms with Crippen LogP contribution in [0.25, 0.3) is 54.9 Å². The van der Waals surface area contributed by atoms with E-state index in [0.29, 0.717) is 5.69 Å². The summed E-state index contributed by atoms with van der Waals surface area (Å²) in [5.41, 5.74) is 13.4. The Bertz CT molecular complexity index is 1570. The number of fused-ring (bicyclic) bond motifs is 2. The third-order valence-corrected chi connectivity index (χ3v) is 6.48. The molecule has 0 bridgehead atoms. The van der Waals surface area contributed by atoms with Crippen molar-refractivity contribution < 1.29 is 0 Å². The van der Waals surface area contributed by atoms with Gasteiger partial charge < -0.3 is 10.7 Å². The number of H-pyrrole nitrogens is 2. The largest absolute Gasteiger partial charge is 0.397 e. The van der Waals surface area contributed by atoms with E-state index in [0.717, 1.165) is 44.5 Å². The van der Waals surface area contributed by atoms with Crippen molar-refractivity contribution in [2.24, 2.45) is 0 Å². The van der Waals surface area contributed by atoms with E-state index in [1.54, 1.807) is 17.5 Å². The molecule has 5 aromatic heterocycles. The molecule has 5 heterocycles. The van der Waals surface area contributed by atoms with E-state index < -0.39 is 0 Å². The van der Waals surface area contributed by atoms with Crippen molar-refractivity contribution >= 4 is 39.0 Å². The third-order valence-electron chi connectivity index (χ3n) is 5.45. The first-order chi connectivity index (χ1) is 15.2. The Hall–Kier alpha value is -3.97. The van der Waals surface area contributed by atoms with E-state index >= 15 is 0 Å². The van der Waals surface area contributed by atoms with Crippen LogP contribution in [0.4, 0.5) is 5.69 Å². The predicted octanol–water partition coefficient (Wildman–Crippen LogP) is 5.79. The van der Waals surface area contributed by atoms with E-state index in [2.05, 4.69) is 62.4 Å². The molecular formula is C24H18N6S. The standard InChI is InChI=1S/C24H18N6S/c1-13-2-5-22(31-13)17-6-7-27-24-18(17)10-21(28-24)23-19-9-14(3-4-20(19)29-30-23)15-8-16(25)12-26-11-15/h2-12H,25H2,1H3,(H,27,28)(H,29,30). The lowest BCUT2D eigenvalue weighted by atomic mass is 10.0. The maximum absolute atomic E-state index is 5.92. The molecular weight excluding hydrogens is 404 g/mol. The SMILES string of the molecule is Cc1ccc(-c2ccnc3[nH]c(-c4n[nH]c5ccc(-c6cncc(N)c6)cc45)cc23)s1. The maximum atomic E-state index is 5.92. The van der Waals surface area contributed by atoms with Gasteiger partial charge in [0.1, 0.15) is 11.3 Å². The van der Waals surface area contributed by atoms with Crippen molar-refractivity contribution in [3.63, 3.8) is 0 Å². The van der Waals surface area contributed by atoms with Crippen LogP contribution in [0.15, 0.2) is 67.1 Å². The molecule has 0 amide bonds. The van der Waals surface area contributed by atoms with Gasteiger partial charge in [-0.05, 0) is 55.0 Å². The van der Waals surface area contributed by atoms with E-state index in [1.807, 2.05) is 30.6 Å². The van der Waals surface area contributed by atoms with Gasteiger partial charge in [0.2, 0.25) is 0 Å². The van der Waals surface area contributed by atoms with Crippen molar-refractivity contribution in [1.29, 1.82) is 0 Å². The number of pyridine rings is 2. The van der Waals surface area contributed by atoms with Crippen molar-refractivity contribution in [3.05, 3.63) is 72.0 Å². The normalized spacial score (nSPS) is 11.5. The van der Waals surface area contributed by atoms with Crippen LogP contribution in [0.3, 0.4) is 0 Å². The molecule has 0 fully saturated rings. The van der Waals surface area contributed by atoms with Crippen LogP contribution in [0.5, 0.6) is 0 Å². The fourth-order valence-corrected chi connectivity index (χ4v) is 4.87. The summed E-state index contributed by atoms with van der Waals surface area (Å²) in [6.45, 7) is 2.12. The number of aromatic amines is 2. The lowest BCUT2D eigenvalue weighted by molar-refractivity contribution is 1.12. The zero-order valence-corrected chi connectivity index (χ0v) is 17.5. The number of nitrogens with one attached hydrogen (secondary N) is 2. The molecule has 0 saturated carbocycles. The Morgan fingerprint density at radius 1 is 0.935 bits per heavy atom. The molecule has 31 heavy (non-hydrogen) atoms. The van der Waals surface area contributed by atoms with Gasteiger partial charge in [-0.3, -0.25) is 10.1 Å². The second-order valence-electron chi connectivity index (χ2n) is 7.55. The highest BCUT2D eigenvalue weighted by molar-refractivity contribution is 7.15. The van der Waals surface area contributed by atoms with Gasteiger partial charge in [0.15, 0.2) is 0 Å². The minimum Gasteiger partial charge on any atom is -0.397 e. The number of nitrogens with two attached hydrogens (primary N) is 1. The van der Waals surface area contributed by atoms with Crippen LogP contribution in [-0.2, 0) is 0 Å². The number of anilines is 1. The van der Waals surface area contributed by atoms with Gasteiger partial charge in [-0.2, -0.15) is 5.10 Å². The number of rotatable bonds is 3. The minimum absolute atomic E-state index is 0.642. The zero-order chi connectivity index (χ0) is 20.9. The number of nitrogen functional groups attached to an aromatic ring is 1. The van der Waals surface area contributed by atoms with Crippen molar-refractivity contribution in [3.8, 4) is 33.0 Å². The molecule has 0 spiro atoms. The third kappa shape index (κ3) is 2.98. The maximum Gasteiger partial charge on any atom is 0.138 e. The van der Waals surface area contributed by atoms with Crippen LogP contribution >= 0.6 is 11.3 Å². The summed E-state index contributed by atoms with van der Waals surface area (Å²) in [5, 5.41) is 9.86. The first-order valence-corrected chi connectivity index (χ1v) is 10.7. The Labute approximate surface area is 181 Å². The van der Waals surface area contributed by atoms with E-state index in [4.69, 9.17) is 5.73 Å². The molecule has 0 aliphatic carbocycles. The number of thiophene rings is 1. The second-order valence-corrected chi connectivity index (χ2v) is 8.84. The quantitative estimate of drug-likeness (QED) is 0.336. The highest BCUT2D eigenvalue weighted by atomic mass is 32.1. The molecule has 0 saturated heterocycles. The fourth-order valence-electron chi connectivity index (χ4n) is 3.96. The van der Waals surface area contributed by atoms with Gasteiger partial charge in [0.25, 0.3) is 0 Å². The molecule has 0 atom stereocenters. The summed E-state index contributed by atoms with van der Waals surface area (Å²) in [7, 11) is 0. The van der Waals surface area contributed by atoms with E-state index in [9.17, 15) is 0 Å². The summed E-state index contributed by atoms with van der Waals surface area (Å²) in [4.78, 5) is 14.7. The summed E-state index contributed by atoms with van der Waals surface area (Å²) in [5.74, 6) is 0. The molecule has 0 aliphatic heterocycles. The van der Waals surface area contributed by atoms with Gasteiger partial charge in [-0.15, -0.1) is 11.3 Å². The zero-order valence-electron chi connectivity index (χ0n) is 16.7. The molecule has 150 valence electrons. The number of hydrogen-bond acceptors (Lipinski definition) is 5. The Morgan fingerprint density at radius 3 is 2.71 bits per heavy atom. The Kier molecular flexibility index (Phi) is 3.91. The average molecular weight is 423 g/mol. The molecule has 0 aliphatic rings.